The van der Waals surface area contributed by atoms with Gasteiger partial charge in [0.1, 0.15) is 0 Å². The number of hydrogen-bond acceptors (Lipinski definition) is 4. The summed E-state index contributed by atoms with van der Waals surface area (Å²) in [4.78, 5) is 22.9. The van der Waals surface area contributed by atoms with Crippen molar-refractivity contribution in [3.8, 4) is 0 Å². The monoisotopic (exact) mass is 314 g/mol. The van der Waals surface area contributed by atoms with Crippen LogP contribution in [0.5, 0.6) is 0 Å². The summed E-state index contributed by atoms with van der Waals surface area (Å²) in [5.41, 5.74) is 0.428. The summed E-state index contributed by atoms with van der Waals surface area (Å²) < 4.78 is 10.6. The van der Waals surface area contributed by atoms with Gasteiger partial charge in [0.15, 0.2) is 0 Å². The minimum absolute atomic E-state index is 0.225. The largest absolute Gasteiger partial charge is 0.462 e. The van der Waals surface area contributed by atoms with Crippen LogP contribution >= 0.6 is 0 Å². The van der Waals surface area contributed by atoms with E-state index in [9.17, 15) is 9.59 Å². The van der Waals surface area contributed by atoms with Gasteiger partial charge in [-0.1, -0.05) is 37.5 Å². The molecule has 4 nitrogen and oxygen atoms in total. The molecule has 3 aliphatic carbocycles. The Labute approximate surface area is 136 Å². The molecule has 6 atom stereocenters. The predicted octanol–water partition coefficient (Wildman–Crippen LogP) is 2.69. The van der Waals surface area contributed by atoms with Crippen molar-refractivity contribution in [2.75, 3.05) is 13.2 Å². The lowest BCUT2D eigenvalue weighted by molar-refractivity contribution is -0.141. The zero-order valence-electron chi connectivity index (χ0n) is 13.3. The van der Waals surface area contributed by atoms with Gasteiger partial charge in [-0.2, -0.15) is 0 Å². The van der Waals surface area contributed by atoms with Crippen molar-refractivity contribution < 1.29 is 19.1 Å². The van der Waals surface area contributed by atoms with Gasteiger partial charge in [-0.25, -0.2) is 9.59 Å². The van der Waals surface area contributed by atoms with E-state index in [4.69, 9.17) is 9.47 Å². The van der Waals surface area contributed by atoms with E-state index in [2.05, 4.69) is 37.5 Å². The number of fused-ring (bicyclic) bond motifs is 5. The second kappa shape index (κ2) is 6.19. The normalized spacial score (nSPS) is 35.9. The Morgan fingerprint density at radius 3 is 2.43 bits per heavy atom. The smallest absolute Gasteiger partial charge is 0.333 e. The number of esters is 2. The van der Waals surface area contributed by atoms with Crippen LogP contribution in [0.1, 0.15) is 6.92 Å². The van der Waals surface area contributed by atoms with Gasteiger partial charge in [-0.05, 0) is 30.6 Å². The SMILES string of the molecule is C=CC(=O)OCC1C=CC2C3C=CC(C3COC(=O)C(=C)C)C12. The second-order valence-corrected chi connectivity index (χ2v) is 6.62. The maximum Gasteiger partial charge on any atom is 0.333 e. The van der Waals surface area contributed by atoms with Crippen LogP contribution in [0.4, 0.5) is 0 Å². The number of ether oxygens (including phenoxy) is 2. The van der Waals surface area contributed by atoms with E-state index in [1.807, 2.05) is 0 Å². The maximum absolute atomic E-state index is 11.6. The molecule has 4 heteroatoms. The second-order valence-electron chi connectivity index (χ2n) is 6.62. The third-order valence-corrected chi connectivity index (χ3v) is 5.29. The molecule has 0 aliphatic heterocycles. The zero-order valence-corrected chi connectivity index (χ0v) is 13.3. The summed E-state index contributed by atoms with van der Waals surface area (Å²) in [6, 6.07) is 0. The van der Waals surface area contributed by atoms with Crippen LogP contribution in [-0.2, 0) is 19.1 Å². The fourth-order valence-corrected chi connectivity index (χ4v) is 4.29. The first-order valence-electron chi connectivity index (χ1n) is 8.01. The third-order valence-electron chi connectivity index (χ3n) is 5.29. The molecule has 0 amide bonds. The highest BCUT2D eigenvalue weighted by molar-refractivity contribution is 5.86. The van der Waals surface area contributed by atoms with Crippen molar-refractivity contribution in [3.63, 3.8) is 0 Å². The molecule has 122 valence electrons. The molecule has 0 N–H and O–H groups in total. The summed E-state index contributed by atoms with van der Waals surface area (Å²) in [6.45, 7) is 9.50. The third kappa shape index (κ3) is 2.78. The van der Waals surface area contributed by atoms with Crippen molar-refractivity contribution in [2.24, 2.45) is 35.5 Å². The molecule has 0 heterocycles. The van der Waals surface area contributed by atoms with Crippen LogP contribution in [0.3, 0.4) is 0 Å². The molecule has 6 unspecified atom stereocenters. The Morgan fingerprint density at radius 2 is 1.74 bits per heavy atom. The first kappa shape index (κ1) is 15.8. The number of carbonyl (C=O) groups is 2. The average Bonchev–Trinajstić information content (AvgIpc) is 3.20. The molecule has 1 fully saturated rings. The molecule has 0 saturated heterocycles. The highest BCUT2D eigenvalue weighted by atomic mass is 16.5. The first-order chi connectivity index (χ1) is 11.0. The number of hydrogen-bond donors (Lipinski definition) is 0. The first-order valence-corrected chi connectivity index (χ1v) is 8.01. The molecule has 0 aromatic rings. The predicted molar refractivity (Wildman–Crippen MR) is 86.1 cm³/mol. The van der Waals surface area contributed by atoms with Crippen molar-refractivity contribution in [1.29, 1.82) is 0 Å². The minimum atomic E-state index is -0.382. The van der Waals surface area contributed by atoms with Crippen molar-refractivity contribution in [2.45, 2.75) is 6.92 Å². The Bertz CT molecular complexity index is 600. The van der Waals surface area contributed by atoms with E-state index in [1.54, 1.807) is 6.92 Å². The highest BCUT2D eigenvalue weighted by Gasteiger charge is 2.55. The lowest BCUT2D eigenvalue weighted by Gasteiger charge is -2.26. The summed E-state index contributed by atoms with van der Waals surface area (Å²) in [7, 11) is 0. The van der Waals surface area contributed by atoms with Crippen LogP contribution in [0, 0.1) is 35.5 Å². The molecular weight excluding hydrogens is 292 g/mol. The van der Waals surface area contributed by atoms with Crippen LogP contribution < -0.4 is 0 Å². The maximum atomic E-state index is 11.6. The van der Waals surface area contributed by atoms with E-state index < -0.39 is 0 Å². The van der Waals surface area contributed by atoms with Gasteiger partial charge in [-0.15, -0.1) is 0 Å². The molecule has 3 aliphatic rings. The molecule has 3 rings (SSSR count). The molecule has 0 radical (unpaired) electrons. The number of allylic oxidation sites excluding steroid dienone is 3. The van der Waals surface area contributed by atoms with Crippen LogP contribution in [0.2, 0.25) is 0 Å². The summed E-state index contributed by atoms with van der Waals surface area (Å²) in [6.07, 6.45) is 10.1. The topological polar surface area (TPSA) is 52.6 Å². The van der Waals surface area contributed by atoms with Crippen molar-refractivity contribution in [3.05, 3.63) is 49.1 Å². The molecule has 0 spiro atoms. The average molecular weight is 314 g/mol. The van der Waals surface area contributed by atoms with Gasteiger partial charge in [0.05, 0.1) is 13.2 Å². The quantitative estimate of drug-likeness (QED) is 0.430. The number of rotatable bonds is 6. The van der Waals surface area contributed by atoms with Gasteiger partial charge in [0.2, 0.25) is 0 Å². The molecule has 2 bridgehead atoms. The highest BCUT2D eigenvalue weighted by Crippen LogP contribution is 2.58. The lowest BCUT2D eigenvalue weighted by Crippen LogP contribution is -2.26. The molecule has 0 aromatic heterocycles. The minimum Gasteiger partial charge on any atom is -0.462 e. The fraction of sp³-hybridized carbons (Fsp3) is 0.474. The lowest BCUT2D eigenvalue weighted by atomic mass is 9.80. The van der Waals surface area contributed by atoms with E-state index in [-0.39, 0.29) is 17.9 Å². The van der Waals surface area contributed by atoms with Crippen LogP contribution in [0.15, 0.2) is 49.1 Å². The summed E-state index contributed by atoms with van der Waals surface area (Å²) in [5, 5.41) is 0. The zero-order chi connectivity index (χ0) is 16.6. The van der Waals surface area contributed by atoms with E-state index in [0.717, 1.165) is 0 Å². The number of carbonyl (C=O) groups excluding carboxylic acids is 2. The van der Waals surface area contributed by atoms with Crippen LogP contribution in [0.25, 0.3) is 0 Å². The van der Waals surface area contributed by atoms with Gasteiger partial charge in [-0.3, -0.25) is 0 Å². The van der Waals surface area contributed by atoms with Crippen LogP contribution in [-0.4, -0.2) is 25.2 Å². The molecule has 23 heavy (non-hydrogen) atoms. The van der Waals surface area contributed by atoms with Crippen molar-refractivity contribution >= 4 is 11.9 Å². The molecule has 1 saturated carbocycles. The molecule has 0 aromatic carbocycles. The van der Waals surface area contributed by atoms with Gasteiger partial charge >= 0.3 is 11.9 Å². The fourth-order valence-electron chi connectivity index (χ4n) is 4.29. The van der Waals surface area contributed by atoms with E-state index in [1.165, 1.54) is 6.08 Å². The van der Waals surface area contributed by atoms with E-state index in [0.29, 0.717) is 48.4 Å². The Kier molecular flexibility index (Phi) is 4.24. The van der Waals surface area contributed by atoms with Crippen molar-refractivity contribution in [1.82, 2.24) is 0 Å². The Morgan fingerprint density at radius 1 is 1.04 bits per heavy atom. The molecular formula is C19H22O4. The Hall–Kier alpha value is -2.10. The van der Waals surface area contributed by atoms with E-state index >= 15 is 0 Å². The van der Waals surface area contributed by atoms with Gasteiger partial charge in [0, 0.05) is 23.5 Å². The summed E-state index contributed by atoms with van der Waals surface area (Å²) in [5.74, 6) is 1.48. The standard InChI is InChI=1S/C19H22O4/c1-4-17(20)22-9-12-5-6-14-13-7-8-15(18(12)14)16(13)10-23-19(21)11(2)3/h4-8,12-16,18H,1-2,9-10H2,3H3. The van der Waals surface area contributed by atoms with Gasteiger partial charge in [0.25, 0.3) is 0 Å². The summed E-state index contributed by atoms with van der Waals surface area (Å²) >= 11 is 0. The van der Waals surface area contributed by atoms with Gasteiger partial charge < -0.3 is 9.47 Å². The Balaban J connectivity index is 1.63.